The minimum Gasteiger partial charge on any atom is -0.481 e. The van der Waals surface area contributed by atoms with E-state index in [4.69, 9.17) is 5.11 Å². The number of anilines is 1. The highest BCUT2D eigenvalue weighted by molar-refractivity contribution is 5.98. The smallest absolute Gasteiger partial charge is 0.321 e. The van der Waals surface area contributed by atoms with E-state index in [1.807, 2.05) is 0 Å². The Bertz CT molecular complexity index is 635. The van der Waals surface area contributed by atoms with Crippen LogP contribution in [0.2, 0.25) is 0 Å². The molecule has 0 aromatic heterocycles. The van der Waals surface area contributed by atoms with Gasteiger partial charge in [0.05, 0.1) is 12.0 Å². The molecular weight excluding hydrogens is 305 g/mol. The van der Waals surface area contributed by atoms with Crippen LogP contribution in [0.4, 0.5) is 14.9 Å². The number of carbonyl (C=O) groups excluding carboxylic acids is 2. The summed E-state index contributed by atoms with van der Waals surface area (Å²) in [4.78, 5) is 37.4. The first-order valence-corrected chi connectivity index (χ1v) is 7.30. The predicted molar refractivity (Wildman–Crippen MR) is 81.0 cm³/mol. The van der Waals surface area contributed by atoms with E-state index in [-0.39, 0.29) is 31.1 Å². The standard InChI is InChI=1S/C15H18FN3O4/c1-2-18(7-5-13(20)21)14(22)11-9-10(3-4-12(11)16)19-8-6-17-15(19)23/h3-4,9H,2,5-8H2,1H3,(H,17,23)(H,20,21). The lowest BCUT2D eigenvalue weighted by atomic mass is 10.1. The van der Waals surface area contributed by atoms with Gasteiger partial charge in [0.25, 0.3) is 5.91 Å². The van der Waals surface area contributed by atoms with Crippen molar-refractivity contribution >= 4 is 23.6 Å². The molecule has 0 unspecified atom stereocenters. The number of carboxylic acids is 1. The van der Waals surface area contributed by atoms with Gasteiger partial charge >= 0.3 is 12.0 Å². The zero-order valence-electron chi connectivity index (χ0n) is 12.7. The third-order valence-corrected chi connectivity index (χ3v) is 3.61. The van der Waals surface area contributed by atoms with Gasteiger partial charge < -0.3 is 15.3 Å². The molecule has 0 aliphatic carbocycles. The second-order valence-electron chi connectivity index (χ2n) is 5.08. The Balaban J connectivity index is 2.24. The van der Waals surface area contributed by atoms with E-state index in [9.17, 15) is 18.8 Å². The number of hydrogen-bond acceptors (Lipinski definition) is 3. The molecule has 124 valence electrons. The number of carboxylic acid groups (broad SMARTS) is 1. The lowest BCUT2D eigenvalue weighted by molar-refractivity contribution is -0.137. The predicted octanol–water partition coefficient (Wildman–Crippen LogP) is 1.29. The Morgan fingerprint density at radius 2 is 2.17 bits per heavy atom. The molecule has 1 fully saturated rings. The summed E-state index contributed by atoms with van der Waals surface area (Å²) < 4.78 is 14.0. The molecule has 0 saturated carbocycles. The Morgan fingerprint density at radius 1 is 1.43 bits per heavy atom. The summed E-state index contributed by atoms with van der Waals surface area (Å²) in [5.74, 6) is -2.32. The number of urea groups is 1. The van der Waals surface area contributed by atoms with Crippen molar-refractivity contribution in [2.45, 2.75) is 13.3 Å². The van der Waals surface area contributed by atoms with Gasteiger partial charge in [-0.3, -0.25) is 14.5 Å². The molecule has 1 aliphatic heterocycles. The maximum Gasteiger partial charge on any atom is 0.321 e. The van der Waals surface area contributed by atoms with Crippen molar-refractivity contribution < 1.29 is 23.9 Å². The summed E-state index contributed by atoms with van der Waals surface area (Å²) in [7, 11) is 0. The highest BCUT2D eigenvalue weighted by Crippen LogP contribution is 2.22. The van der Waals surface area contributed by atoms with E-state index in [1.165, 1.54) is 21.9 Å². The summed E-state index contributed by atoms with van der Waals surface area (Å²) in [6.07, 6.45) is -0.213. The fraction of sp³-hybridized carbons (Fsp3) is 0.400. The van der Waals surface area contributed by atoms with E-state index in [1.54, 1.807) is 6.92 Å². The molecule has 7 nitrogen and oxygen atoms in total. The van der Waals surface area contributed by atoms with E-state index >= 15 is 0 Å². The average Bonchev–Trinajstić information content (AvgIpc) is 2.94. The molecule has 23 heavy (non-hydrogen) atoms. The van der Waals surface area contributed by atoms with Crippen LogP contribution in [0, 0.1) is 5.82 Å². The monoisotopic (exact) mass is 323 g/mol. The first-order chi connectivity index (χ1) is 10.9. The molecule has 2 N–H and O–H groups in total. The Kier molecular flexibility index (Phi) is 5.15. The summed E-state index contributed by atoms with van der Waals surface area (Å²) in [5.41, 5.74) is 0.258. The first kappa shape index (κ1) is 16.7. The molecule has 1 aliphatic rings. The average molecular weight is 323 g/mol. The Hall–Kier alpha value is -2.64. The van der Waals surface area contributed by atoms with Gasteiger partial charge in [-0.1, -0.05) is 0 Å². The van der Waals surface area contributed by atoms with Crippen molar-refractivity contribution in [3.8, 4) is 0 Å². The number of nitrogens with one attached hydrogen (secondary N) is 1. The van der Waals surface area contributed by atoms with Crippen LogP contribution in [0.1, 0.15) is 23.7 Å². The zero-order valence-corrected chi connectivity index (χ0v) is 12.7. The zero-order chi connectivity index (χ0) is 17.0. The molecule has 0 bridgehead atoms. The van der Waals surface area contributed by atoms with Crippen LogP contribution in [-0.2, 0) is 4.79 Å². The second-order valence-corrected chi connectivity index (χ2v) is 5.08. The van der Waals surface area contributed by atoms with Crippen LogP contribution in [0.25, 0.3) is 0 Å². The Labute approximate surface area is 132 Å². The van der Waals surface area contributed by atoms with Crippen LogP contribution >= 0.6 is 0 Å². The molecule has 3 amide bonds. The Morgan fingerprint density at radius 3 is 2.74 bits per heavy atom. The normalized spacial score (nSPS) is 13.8. The highest BCUT2D eigenvalue weighted by Gasteiger charge is 2.24. The lowest BCUT2D eigenvalue weighted by Crippen LogP contribution is -2.34. The number of benzene rings is 1. The van der Waals surface area contributed by atoms with Crippen LogP contribution < -0.4 is 10.2 Å². The fourth-order valence-corrected chi connectivity index (χ4v) is 2.37. The molecular formula is C15H18FN3O4. The van der Waals surface area contributed by atoms with Crippen molar-refractivity contribution in [3.05, 3.63) is 29.6 Å². The number of rotatable bonds is 6. The summed E-state index contributed by atoms with van der Waals surface area (Å²) >= 11 is 0. The lowest BCUT2D eigenvalue weighted by Gasteiger charge is -2.21. The highest BCUT2D eigenvalue weighted by atomic mass is 19.1. The molecule has 1 heterocycles. The van der Waals surface area contributed by atoms with Crippen molar-refractivity contribution in [2.75, 3.05) is 31.1 Å². The van der Waals surface area contributed by atoms with Crippen LogP contribution in [0.3, 0.4) is 0 Å². The summed E-state index contributed by atoms with van der Waals surface area (Å²) in [6.45, 7) is 2.88. The minimum absolute atomic E-state index is 0.00145. The minimum atomic E-state index is -1.03. The van der Waals surface area contributed by atoms with E-state index in [0.29, 0.717) is 18.8 Å². The number of nitrogens with zero attached hydrogens (tertiary/aromatic N) is 2. The van der Waals surface area contributed by atoms with Crippen molar-refractivity contribution in [1.29, 1.82) is 0 Å². The van der Waals surface area contributed by atoms with Gasteiger partial charge in [-0.2, -0.15) is 0 Å². The molecule has 0 radical (unpaired) electrons. The van der Waals surface area contributed by atoms with Gasteiger partial charge in [0.15, 0.2) is 0 Å². The topological polar surface area (TPSA) is 90.0 Å². The number of halogens is 1. The van der Waals surface area contributed by atoms with Crippen molar-refractivity contribution in [1.82, 2.24) is 10.2 Å². The third-order valence-electron chi connectivity index (χ3n) is 3.61. The van der Waals surface area contributed by atoms with Gasteiger partial charge in [0, 0.05) is 31.9 Å². The third kappa shape index (κ3) is 3.77. The van der Waals surface area contributed by atoms with Crippen LogP contribution in [-0.4, -0.2) is 54.1 Å². The van der Waals surface area contributed by atoms with E-state index in [2.05, 4.69) is 5.32 Å². The quantitative estimate of drug-likeness (QED) is 0.825. The molecule has 0 atom stereocenters. The summed E-state index contributed by atoms with van der Waals surface area (Å²) in [5, 5.41) is 11.3. The van der Waals surface area contributed by atoms with Crippen LogP contribution in [0.5, 0.6) is 0 Å². The molecule has 0 spiro atoms. The molecule has 1 aromatic rings. The van der Waals surface area contributed by atoms with E-state index < -0.39 is 17.7 Å². The molecule has 1 saturated heterocycles. The van der Waals surface area contributed by atoms with E-state index in [0.717, 1.165) is 6.07 Å². The van der Waals surface area contributed by atoms with Crippen molar-refractivity contribution in [2.24, 2.45) is 0 Å². The number of carbonyl (C=O) groups is 3. The van der Waals surface area contributed by atoms with Gasteiger partial charge in [0.2, 0.25) is 0 Å². The second kappa shape index (κ2) is 7.08. The number of amides is 3. The number of hydrogen-bond donors (Lipinski definition) is 2. The van der Waals surface area contributed by atoms with Gasteiger partial charge in [-0.25, -0.2) is 9.18 Å². The van der Waals surface area contributed by atoms with Gasteiger partial charge in [0.1, 0.15) is 5.82 Å². The molecule has 8 heteroatoms. The fourth-order valence-electron chi connectivity index (χ4n) is 2.37. The largest absolute Gasteiger partial charge is 0.481 e. The summed E-state index contributed by atoms with van der Waals surface area (Å²) in [6, 6.07) is 3.60. The van der Waals surface area contributed by atoms with Crippen LogP contribution in [0.15, 0.2) is 18.2 Å². The molecule has 1 aromatic carbocycles. The maximum atomic E-state index is 14.0. The van der Waals surface area contributed by atoms with Gasteiger partial charge in [-0.05, 0) is 25.1 Å². The SMILES string of the molecule is CCN(CCC(=O)O)C(=O)c1cc(N2CCNC2=O)ccc1F. The first-order valence-electron chi connectivity index (χ1n) is 7.30. The number of aliphatic carboxylic acids is 1. The molecule has 2 rings (SSSR count). The van der Waals surface area contributed by atoms with Gasteiger partial charge in [-0.15, -0.1) is 0 Å². The maximum absolute atomic E-state index is 14.0. The van der Waals surface area contributed by atoms with Crippen molar-refractivity contribution in [3.63, 3.8) is 0 Å².